The zero-order valence-corrected chi connectivity index (χ0v) is 49.5. The summed E-state index contributed by atoms with van der Waals surface area (Å²) < 4.78 is 0. The lowest BCUT2D eigenvalue weighted by Crippen LogP contribution is -2.45. The van der Waals surface area contributed by atoms with Gasteiger partial charge >= 0.3 is 0 Å². The molecule has 0 spiro atoms. The Balaban J connectivity index is 3.58. The molecule has 4 nitrogen and oxygen atoms in total. The molecule has 0 aliphatic carbocycles. The summed E-state index contributed by atoms with van der Waals surface area (Å²) in [6, 6.07) is -0.655. The van der Waals surface area contributed by atoms with Gasteiger partial charge in [0.15, 0.2) is 0 Å². The SMILES string of the molecule is CC/C=C\C/C=C\C/C=C\C/C=C\C/C=C\C/C=C\C/C=C\CCCCCCCCCCCCCCCC(=O)NC(CO)C(O)/C=C/CC/C=C/CC/C=C/CCCCCCCCCCCCCCCCCCCC. The summed E-state index contributed by atoms with van der Waals surface area (Å²) in [4.78, 5) is 12.5. The van der Waals surface area contributed by atoms with Crippen molar-refractivity contribution in [3.8, 4) is 0 Å². The van der Waals surface area contributed by atoms with E-state index in [4.69, 9.17) is 0 Å². The summed E-state index contributed by atoms with van der Waals surface area (Å²) >= 11 is 0. The summed E-state index contributed by atoms with van der Waals surface area (Å²) in [6.07, 6.45) is 99.6. The smallest absolute Gasteiger partial charge is 0.220 e. The van der Waals surface area contributed by atoms with Crippen LogP contribution in [-0.4, -0.2) is 34.9 Å². The minimum Gasteiger partial charge on any atom is -0.394 e. The molecule has 0 saturated heterocycles. The Morgan fingerprint density at radius 3 is 0.933 bits per heavy atom. The average Bonchev–Trinajstić information content (AvgIpc) is 3.41. The van der Waals surface area contributed by atoms with Crippen LogP contribution >= 0.6 is 0 Å². The predicted molar refractivity (Wildman–Crippen MR) is 336 cm³/mol. The number of rotatable bonds is 58. The summed E-state index contributed by atoms with van der Waals surface area (Å²) in [5.41, 5.74) is 0. The highest BCUT2D eigenvalue weighted by Crippen LogP contribution is 2.17. The van der Waals surface area contributed by atoms with Crippen molar-refractivity contribution in [3.05, 3.63) is 122 Å². The van der Waals surface area contributed by atoms with Gasteiger partial charge in [-0.1, -0.05) is 315 Å². The third kappa shape index (κ3) is 61.5. The highest BCUT2D eigenvalue weighted by molar-refractivity contribution is 5.76. The molecule has 4 heteroatoms. The molecule has 0 heterocycles. The lowest BCUT2D eigenvalue weighted by atomic mass is 10.0. The van der Waals surface area contributed by atoms with Crippen LogP contribution in [0.25, 0.3) is 0 Å². The Bertz CT molecular complexity index is 1460. The quantitative estimate of drug-likeness (QED) is 0.0420. The summed E-state index contributed by atoms with van der Waals surface area (Å²) in [5.74, 6) is -0.0813. The minimum atomic E-state index is -0.880. The first-order valence-electron chi connectivity index (χ1n) is 32.2. The Morgan fingerprint density at radius 1 is 0.333 bits per heavy atom. The largest absolute Gasteiger partial charge is 0.394 e. The lowest BCUT2D eigenvalue weighted by Gasteiger charge is -2.19. The number of hydrogen-bond acceptors (Lipinski definition) is 3. The van der Waals surface area contributed by atoms with E-state index in [9.17, 15) is 15.0 Å². The first kappa shape index (κ1) is 71.8. The fourth-order valence-corrected chi connectivity index (χ4v) is 9.31. The monoisotopic (exact) mass is 1040 g/mol. The van der Waals surface area contributed by atoms with Gasteiger partial charge in [-0.25, -0.2) is 0 Å². The van der Waals surface area contributed by atoms with E-state index in [0.29, 0.717) is 6.42 Å². The van der Waals surface area contributed by atoms with Crippen molar-refractivity contribution in [3.63, 3.8) is 0 Å². The van der Waals surface area contributed by atoms with Gasteiger partial charge in [0, 0.05) is 6.42 Å². The maximum Gasteiger partial charge on any atom is 0.220 e. The number of allylic oxidation sites excluding steroid dienone is 19. The van der Waals surface area contributed by atoms with Gasteiger partial charge in [0.05, 0.1) is 18.8 Å². The first-order valence-corrected chi connectivity index (χ1v) is 32.2. The number of carbonyl (C=O) groups is 1. The molecule has 430 valence electrons. The molecule has 2 atom stereocenters. The normalized spacial score (nSPS) is 13.6. The second-order valence-corrected chi connectivity index (χ2v) is 21.4. The van der Waals surface area contributed by atoms with Gasteiger partial charge in [-0.05, 0) is 103 Å². The zero-order chi connectivity index (χ0) is 54.1. The van der Waals surface area contributed by atoms with Crippen LogP contribution < -0.4 is 5.32 Å². The third-order valence-electron chi connectivity index (χ3n) is 14.2. The average molecular weight is 1040 g/mol. The van der Waals surface area contributed by atoms with E-state index < -0.39 is 12.1 Å². The molecule has 0 saturated carbocycles. The fraction of sp³-hybridized carbons (Fsp3) is 0.704. The van der Waals surface area contributed by atoms with Crippen LogP contribution in [0.15, 0.2) is 122 Å². The van der Waals surface area contributed by atoms with Crippen LogP contribution in [-0.2, 0) is 4.79 Å². The van der Waals surface area contributed by atoms with Crippen molar-refractivity contribution in [1.29, 1.82) is 0 Å². The number of aliphatic hydroxyl groups excluding tert-OH is 2. The van der Waals surface area contributed by atoms with Crippen molar-refractivity contribution < 1.29 is 15.0 Å². The van der Waals surface area contributed by atoms with Gasteiger partial charge in [0.2, 0.25) is 5.91 Å². The Hall–Kier alpha value is -3.21. The molecular formula is C71H123NO3. The molecule has 0 bridgehead atoms. The molecule has 0 aromatic heterocycles. The maximum absolute atomic E-state index is 12.5. The topological polar surface area (TPSA) is 69.6 Å². The van der Waals surface area contributed by atoms with E-state index in [1.807, 2.05) is 6.08 Å². The summed E-state index contributed by atoms with van der Waals surface area (Å²) in [7, 11) is 0. The van der Waals surface area contributed by atoms with Crippen molar-refractivity contribution in [2.45, 2.75) is 315 Å². The van der Waals surface area contributed by atoms with E-state index in [0.717, 1.165) is 83.5 Å². The molecule has 0 fully saturated rings. The minimum absolute atomic E-state index is 0.0813. The van der Waals surface area contributed by atoms with Crippen molar-refractivity contribution >= 4 is 5.91 Å². The van der Waals surface area contributed by atoms with E-state index in [2.05, 4.69) is 129 Å². The molecule has 0 aromatic rings. The van der Waals surface area contributed by atoms with Gasteiger partial charge in [0.25, 0.3) is 0 Å². The maximum atomic E-state index is 12.5. The molecule has 2 unspecified atom stereocenters. The Kier molecular flexibility index (Phi) is 62.3. The van der Waals surface area contributed by atoms with Crippen LogP contribution in [0.5, 0.6) is 0 Å². The lowest BCUT2D eigenvalue weighted by molar-refractivity contribution is -0.123. The molecule has 75 heavy (non-hydrogen) atoms. The summed E-state index contributed by atoms with van der Waals surface area (Å²) in [6.45, 7) is 4.20. The van der Waals surface area contributed by atoms with Crippen LogP contribution in [0.4, 0.5) is 0 Å². The third-order valence-corrected chi connectivity index (χ3v) is 14.2. The van der Waals surface area contributed by atoms with E-state index >= 15 is 0 Å². The number of unbranched alkanes of at least 4 members (excludes halogenated alkanes) is 33. The fourth-order valence-electron chi connectivity index (χ4n) is 9.31. The second kappa shape index (κ2) is 65.1. The van der Waals surface area contributed by atoms with Gasteiger partial charge in [-0.3, -0.25) is 4.79 Å². The highest BCUT2D eigenvalue weighted by Gasteiger charge is 2.18. The Morgan fingerprint density at radius 2 is 0.600 bits per heavy atom. The number of amides is 1. The number of aliphatic hydroxyl groups is 2. The summed E-state index contributed by atoms with van der Waals surface area (Å²) in [5, 5.41) is 23.2. The second-order valence-electron chi connectivity index (χ2n) is 21.4. The van der Waals surface area contributed by atoms with Crippen LogP contribution in [0.1, 0.15) is 303 Å². The van der Waals surface area contributed by atoms with E-state index in [-0.39, 0.29) is 12.5 Å². The Labute approximate surface area is 467 Å². The molecule has 0 radical (unpaired) electrons. The zero-order valence-electron chi connectivity index (χ0n) is 49.5. The number of hydrogen-bond donors (Lipinski definition) is 3. The highest BCUT2D eigenvalue weighted by atomic mass is 16.3. The standard InChI is InChI=1S/C71H123NO3/c1-3-5-7-9-11-13-15-17-19-21-23-25-27-29-31-33-34-35-36-37-38-39-41-43-45-47-49-51-53-55-57-59-61-63-65-67-71(75)72-69(68-73)70(74)66-64-62-60-58-56-54-52-50-48-46-44-42-40-32-30-28-26-24-22-20-18-16-14-12-10-8-6-4-2/h5,7,11,13,17,19,23,25,29,31,34-35,37-38,48,50,56,58,64,66,69-70,73-74H,3-4,6,8-10,12,14-16,18,20-22,24,26-28,30,32-33,36,39-47,49,51-55,57,59-63,65,67-68H2,1-2H3,(H,72,75)/b7-5-,13-11-,19-17-,25-23-,31-29-,35-34-,38-37-,50-48+,58-56+,66-64+. The van der Waals surface area contributed by atoms with E-state index in [1.54, 1.807) is 6.08 Å². The van der Waals surface area contributed by atoms with Crippen molar-refractivity contribution in [2.75, 3.05) is 6.61 Å². The van der Waals surface area contributed by atoms with Gasteiger partial charge in [-0.15, -0.1) is 0 Å². The predicted octanol–water partition coefficient (Wildman–Crippen LogP) is 22.0. The van der Waals surface area contributed by atoms with Gasteiger partial charge in [0.1, 0.15) is 0 Å². The van der Waals surface area contributed by atoms with Crippen molar-refractivity contribution in [1.82, 2.24) is 5.32 Å². The van der Waals surface area contributed by atoms with Gasteiger partial charge in [-0.2, -0.15) is 0 Å². The molecule has 0 aliphatic rings. The van der Waals surface area contributed by atoms with Crippen LogP contribution in [0.3, 0.4) is 0 Å². The van der Waals surface area contributed by atoms with Crippen LogP contribution in [0, 0.1) is 0 Å². The van der Waals surface area contributed by atoms with E-state index in [1.165, 1.54) is 199 Å². The first-order chi connectivity index (χ1) is 37.2. The molecule has 1 amide bonds. The van der Waals surface area contributed by atoms with Gasteiger partial charge < -0.3 is 15.5 Å². The molecule has 0 rings (SSSR count). The van der Waals surface area contributed by atoms with Crippen molar-refractivity contribution in [2.24, 2.45) is 0 Å². The molecule has 0 aliphatic heterocycles. The van der Waals surface area contributed by atoms with Crippen LogP contribution in [0.2, 0.25) is 0 Å². The number of nitrogens with one attached hydrogen (secondary N) is 1. The molecular weight excluding hydrogens is 915 g/mol. The molecule has 3 N–H and O–H groups in total. The molecule has 0 aromatic carbocycles. The number of carbonyl (C=O) groups excluding carboxylic acids is 1.